The lowest BCUT2D eigenvalue weighted by Gasteiger charge is -2.29. The van der Waals surface area contributed by atoms with Gasteiger partial charge in [0.1, 0.15) is 0 Å². The summed E-state index contributed by atoms with van der Waals surface area (Å²) in [7, 11) is 0. The largest absolute Gasteiger partial charge is 0.350 e. The van der Waals surface area contributed by atoms with Gasteiger partial charge in [-0.2, -0.15) is 0 Å². The van der Waals surface area contributed by atoms with E-state index in [-0.39, 0.29) is 5.91 Å². The molecule has 6 heteroatoms. The van der Waals surface area contributed by atoms with Gasteiger partial charge in [0.15, 0.2) is 5.12 Å². The Morgan fingerprint density at radius 1 is 1.15 bits per heavy atom. The number of carbonyl (C=O) groups excluding carboxylic acids is 1. The predicted molar refractivity (Wildman–Crippen MR) is 108 cm³/mol. The fourth-order valence-corrected chi connectivity index (χ4v) is 3.07. The molecule has 1 amide bonds. The molecular formula is C20H19Cl2N3O. The molecule has 3 rings (SSSR count). The molecule has 1 heterocycles. The number of nitrogens with zero attached hydrogens (tertiary/aromatic N) is 1. The number of hydrogen-bond acceptors (Lipinski definition) is 3. The number of hydrogen-bond donors (Lipinski definition) is 2. The maximum Gasteiger partial charge on any atom is 0.256 e. The molecule has 0 bridgehead atoms. The summed E-state index contributed by atoms with van der Waals surface area (Å²) < 4.78 is 0. The van der Waals surface area contributed by atoms with E-state index in [9.17, 15) is 4.79 Å². The molecular weight excluding hydrogens is 369 g/mol. The van der Waals surface area contributed by atoms with Crippen molar-refractivity contribution in [2.75, 3.05) is 5.32 Å². The van der Waals surface area contributed by atoms with Crippen LogP contribution in [0.4, 0.5) is 5.69 Å². The number of benzene rings is 2. The molecule has 3 aromatic rings. The summed E-state index contributed by atoms with van der Waals surface area (Å²) in [5.41, 5.74) is 2.24. The lowest BCUT2D eigenvalue weighted by Crippen LogP contribution is -2.49. The number of rotatable bonds is 6. The van der Waals surface area contributed by atoms with Gasteiger partial charge in [-0.15, -0.1) is 11.6 Å². The van der Waals surface area contributed by atoms with E-state index in [1.807, 2.05) is 55.5 Å². The van der Waals surface area contributed by atoms with Crippen molar-refractivity contribution in [1.29, 1.82) is 0 Å². The molecule has 1 unspecified atom stereocenters. The fraction of sp³-hybridized carbons (Fsp3) is 0.200. The van der Waals surface area contributed by atoms with Crippen LogP contribution in [0.5, 0.6) is 0 Å². The Morgan fingerprint density at radius 3 is 2.73 bits per heavy atom. The number of aromatic nitrogens is 1. The van der Waals surface area contributed by atoms with Gasteiger partial charge in [0.25, 0.3) is 5.91 Å². The van der Waals surface area contributed by atoms with Gasteiger partial charge in [0.05, 0.1) is 5.56 Å². The maximum atomic E-state index is 12.8. The Hall–Kier alpha value is -2.30. The molecule has 0 saturated heterocycles. The minimum atomic E-state index is -1.13. The average molecular weight is 388 g/mol. The van der Waals surface area contributed by atoms with E-state index in [1.165, 1.54) is 0 Å². The van der Waals surface area contributed by atoms with Gasteiger partial charge in [-0.05, 0) is 23.1 Å². The molecule has 1 atom stereocenters. The molecule has 1 aromatic heterocycles. The van der Waals surface area contributed by atoms with Crippen LogP contribution in [0, 0.1) is 0 Å². The van der Waals surface area contributed by atoms with Crippen LogP contribution < -0.4 is 10.6 Å². The Bertz CT molecular complexity index is 926. The number of fused-ring (bicyclic) bond motifs is 1. The Morgan fingerprint density at radius 2 is 1.96 bits per heavy atom. The van der Waals surface area contributed by atoms with Crippen LogP contribution in [-0.4, -0.2) is 16.0 Å². The number of amides is 1. The van der Waals surface area contributed by atoms with Gasteiger partial charge in [-0.1, -0.05) is 54.9 Å². The summed E-state index contributed by atoms with van der Waals surface area (Å²) in [5, 5.41) is 6.67. The zero-order valence-corrected chi connectivity index (χ0v) is 15.8. The summed E-state index contributed by atoms with van der Waals surface area (Å²) in [6.45, 7) is 1.90. The molecule has 0 radical (unpaired) electrons. The monoisotopic (exact) mass is 387 g/mol. The van der Waals surface area contributed by atoms with Crippen molar-refractivity contribution in [3.05, 3.63) is 72.1 Å². The van der Waals surface area contributed by atoms with Gasteiger partial charge >= 0.3 is 0 Å². The molecule has 0 aliphatic rings. The smallest absolute Gasteiger partial charge is 0.256 e. The molecule has 0 aliphatic carbocycles. The highest BCUT2D eigenvalue weighted by molar-refractivity contribution is 6.26. The lowest BCUT2D eigenvalue weighted by molar-refractivity contribution is 0.0933. The minimum Gasteiger partial charge on any atom is -0.350 e. The van der Waals surface area contributed by atoms with Crippen LogP contribution in [0.15, 0.2) is 60.9 Å². The van der Waals surface area contributed by atoms with E-state index in [0.29, 0.717) is 17.9 Å². The predicted octanol–water partition coefficient (Wildman–Crippen LogP) is 5.12. The number of nitrogens with one attached hydrogen (secondary N) is 2. The van der Waals surface area contributed by atoms with Crippen LogP contribution in [0.1, 0.15) is 29.3 Å². The first-order valence-corrected chi connectivity index (χ1v) is 9.23. The molecule has 2 N–H and O–H groups in total. The average Bonchev–Trinajstić information content (AvgIpc) is 2.67. The molecule has 0 aliphatic heterocycles. The normalized spacial score (nSPS) is 13.2. The second-order valence-corrected chi connectivity index (χ2v) is 6.89. The minimum absolute atomic E-state index is 0.285. The van der Waals surface area contributed by atoms with Crippen molar-refractivity contribution in [1.82, 2.24) is 10.3 Å². The SMILES string of the molecule is CCC(Cl)(NC(=O)c1cncc2ccccc12)Nc1cccc(CCl)c1. The summed E-state index contributed by atoms with van der Waals surface area (Å²) in [4.78, 5) is 17.0. The second-order valence-electron chi connectivity index (χ2n) is 5.98. The first-order valence-electron chi connectivity index (χ1n) is 8.32. The highest BCUT2D eigenvalue weighted by Gasteiger charge is 2.28. The molecule has 26 heavy (non-hydrogen) atoms. The van der Waals surface area contributed by atoms with Crippen molar-refractivity contribution in [2.24, 2.45) is 0 Å². The summed E-state index contributed by atoms with van der Waals surface area (Å²) in [6, 6.07) is 15.2. The van der Waals surface area contributed by atoms with E-state index in [4.69, 9.17) is 23.2 Å². The Labute approximate surface area is 162 Å². The topological polar surface area (TPSA) is 54.0 Å². The lowest BCUT2D eigenvalue weighted by atomic mass is 10.1. The highest BCUT2D eigenvalue weighted by atomic mass is 35.5. The zero-order chi connectivity index (χ0) is 18.6. The van der Waals surface area contributed by atoms with Gasteiger partial charge in [0.2, 0.25) is 0 Å². The first kappa shape index (κ1) is 18.5. The van der Waals surface area contributed by atoms with E-state index >= 15 is 0 Å². The Kier molecular flexibility index (Phi) is 5.64. The van der Waals surface area contributed by atoms with Crippen LogP contribution >= 0.6 is 23.2 Å². The van der Waals surface area contributed by atoms with Crippen LogP contribution in [-0.2, 0) is 5.88 Å². The summed E-state index contributed by atoms with van der Waals surface area (Å²) in [6.07, 6.45) is 3.76. The summed E-state index contributed by atoms with van der Waals surface area (Å²) in [5.74, 6) is 0.123. The molecule has 0 saturated carbocycles. The van der Waals surface area contributed by atoms with E-state index in [1.54, 1.807) is 12.4 Å². The number of carbonyl (C=O) groups is 1. The number of alkyl halides is 2. The molecule has 4 nitrogen and oxygen atoms in total. The molecule has 134 valence electrons. The van der Waals surface area contributed by atoms with Gasteiger partial charge in [-0.25, -0.2) is 0 Å². The van der Waals surface area contributed by atoms with E-state index < -0.39 is 5.12 Å². The van der Waals surface area contributed by atoms with Crippen molar-refractivity contribution in [2.45, 2.75) is 24.3 Å². The van der Waals surface area contributed by atoms with Crippen LogP contribution in [0.3, 0.4) is 0 Å². The van der Waals surface area contributed by atoms with E-state index in [2.05, 4.69) is 15.6 Å². The summed E-state index contributed by atoms with van der Waals surface area (Å²) >= 11 is 12.5. The third-order valence-corrected chi connectivity index (χ3v) is 4.90. The fourth-order valence-electron chi connectivity index (χ4n) is 2.71. The third kappa shape index (κ3) is 4.09. The first-order chi connectivity index (χ1) is 12.5. The Balaban J connectivity index is 1.85. The van der Waals surface area contributed by atoms with E-state index in [0.717, 1.165) is 22.0 Å². The zero-order valence-electron chi connectivity index (χ0n) is 14.3. The van der Waals surface area contributed by atoms with Crippen LogP contribution in [0.2, 0.25) is 0 Å². The maximum absolute atomic E-state index is 12.8. The molecule has 0 fully saturated rings. The van der Waals surface area contributed by atoms with Gasteiger partial charge < -0.3 is 10.6 Å². The molecule has 0 spiro atoms. The van der Waals surface area contributed by atoms with Crippen LogP contribution in [0.25, 0.3) is 10.8 Å². The van der Waals surface area contributed by atoms with Crippen molar-refractivity contribution in [3.63, 3.8) is 0 Å². The third-order valence-electron chi connectivity index (χ3n) is 4.14. The number of anilines is 1. The second kappa shape index (κ2) is 7.94. The molecule has 2 aromatic carbocycles. The van der Waals surface area contributed by atoms with Crippen molar-refractivity contribution in [3.8, 4) is 0 Å². The quantitative estimate of drug-likeness (QED) is 0.350. The van der Waals surface area contributed by atoms with Gasteiger partial charge in [-0.3, -0.25) is 9.78 Å². The number of pyridine rings is 1. The highest BCUT2D eigenvalue weighted by Crippen LogP contribution is 2.24. The van der Waals surface area contributed by atoms with Crippen molar-refractivity contribution >= 4 is 45.6 Å². The van der Waals surface area contributed by atoms with Crippen molar-refractivity contribution < 1.29 is 4.79 Å². The standard InChI is InChI=1S/C20H19Cl2N3O/c1-2-20(22,24-16-8-5-6-14(10-16)11-21)25-19(26)18-13-23-12-15-7-3-4-9-17(15)18/h3-10,12-13,24H,2,11H2,1H3,(H,25,26). The van der Waals surface area contributed by atoms with Gasteiger partial charge in [0, 0.05) is 35.8 Å². The number of halogens is 2.